The van der Waals surface area contributed by atoms with Crippen molar-refractivity contribution in [2.45, 2.75) is 19.4 Å². The Morgan fingerprint density at radius 1 is 1.25 bits per heavy atom. The molecular formula is C16H14FNOS. The van der Waals surface area contributed by atoms with E-state index in [0.29, 0.717) is 12.0 Å². The van der Waals surface area contributed by atoms with E-state index in [2.05, 4.69) is 4.98 Å². The highest BCUT2D eigenvalue weighted by Gasteiger charge is 2.13. The van der Waals surface area contributed by atoms with Gasteiger partial charge >= 0.3 is 0 Å². The highest BCUT2D eigenvalue weighted by Crippen LogP contribution is 2.26. The molecule has 0 bridgehead atoms. The van der Waals surface area contributed by atoms with E-state index in [0.717, 1.165) is 20.8 Å². The summed E-state index contributed by atoms with van der Waals surface area (Å²) in [6.45, 7) is 1.70. The highest BCUT2D eigenvalue weighted by molar-refractivity contribution is 7.18. The van der Waals surface area contributed by atoms with E-state index in [1.165, 1.54) is 6.07 Å². The van der Waals surface area contributed by atoms with Crippen molar-refractivity contribution in [1.29, 1.82) is 0 Å². The normalized spacial score (nSPS) is 12.8. The molecule has 1 atom stereocenters. The maximum atomic E-state index is 13.2. The number of aliphatic hydroxyl groups is 1. The van der Waals surface area contributed by atoms with Crippen LogP contribution in [-0.2, 0) is 6.42 Å². The molecule has 1 heterocycles. The average Bonchev–Trinajstić information content (AvgIpc) is 2.83. The van der Waals surface area contributed by atoms with Crippen LogP contribution in [0.25, 0.3) is 10.2 Å². The lowest BCUT2D eigenvalue weighted by atomic mass is 10.0. The first-order chi connectivity index (χ1) is 9.63. The molecule has 1 unspecified atom stereocenters. The second kappa shape index (κ2) is 5.31. The van der Waals surface area contributed by atoms with Gasteiger partial charge < -0.3 is 5.11 Å². The number of fused-ring (bicyclic) bond motifs is 1. The van der Waals surface area contributed by atoms with E-state index in [9.17, 15) is 9.50 Å². The number of halogens is 1. The minimum absolute atomic E-state index is 0.249. The van der Waals surface area contributed by atoms with Crippen LogP contribution in [0.1, 0.15) is 22.2 Å². The van der Waals surface area contributed by atoms with Crippen molar-refractivity contribution in [3.63, 3.8) is 0 Å². The Labute approximate surface area is 120 Å². The summed E-state index contributed by atoms with van der Waals surface area (Å²) in [4.78, 5) is 4.50. The molecule has 1 N–H and O–H groups in total. The van der Waals surface area contributed by atoms with E-state index < -0.39 is 6.10 Å². The quantitative estimate of drug-likeness (QED) is 0.789. The van der Waals surface area contributed by atoms with Gasteiger partial charge in [-0.3, -0.25) is 0 Å². The number of hydrogen-bond donors (Lipinski definition) is 1. The minimum Gasteiger partial charge on any atom is -0.388 e. The van der Waals surface area contributed by atoms with E-state index in [4.69, 9.17) is 0 Å². The Morgan fingerprint density at radius 2 is 2.05 bits per heavy atom. The molecule has 1 aromatic heterocycles. The molecule has 4 heteroatoms. The third-order valence-corrected chi connectivity index (χ3v) is 4.33. The second-order valence-electron chi connectivity index (χ2n) is 4.80. The Balaban J connectivity index is 1.84. The Hall–Kier alpha value is -1.78. The van der Waals surface area contributed by atoms with E-state index in [-0.39, 0.29) is 5.82 Å². The van der Waals surface area contributed by atoms with Crippen molar-refractivity contribution in [3.05, 3.63) is 64.4 Å². The molecule has 2 nitrogen and oxygen atoms in total. The molecule has 2 aromatic carbocycles. The van der Waals surface area contributed by atoms with Gasteiger partial charge in [-0.25, -0.2) is 9.37 Å². The van der Waals surface area contributed by atoms with Crippen LogP contribution in [-0.4, -0.2) is 10.1 Å². The standard InChI is InChI=1S/C16H14FNOS/c1-10-8-11(6-7-12(10)17)14(19)9-16-18-13-4-2-3-5-15(13)20-16/h2-8,14,19H,9H2,1H3. The second-order valence-corrected chi connectivity index (χ2v) is 5.92. The van der Waals surface area contributed by atoms with Crippen LogP contribution in [0.15, 0.2) is 42.5 Å². The Morgan fingerprint density at radius 3 is 2.80 bits per heavy atom. The number of thiazole rings is 1. The summed E-state index contributed by atoms with van der Waals surface area (Å²) in [5, 5.41) is 11.1. The Bertz CT molecular complexity index is 720. The fraction of sp³-hybridized carbons (Fsp3) is 0.188. The van der Waals surface area contributed by atoms with Crippen LogP contribution in [0, 0.1) is 12.7 Å². The zero-order chi connectivity index (χ0) is 14.1. The molecule has 0 amide bonds. The van der Waals surface area contributed by atoms with E-state index >= 15 is 0 Å². The third-order valence-electron chi connectivity index (χ3n) is 3.27. The summed E-state index contributed by atoms with van der Waals surface area (Å²) in [7, 11) is 0. The van der Waals surface area contributed by atoms with Gasteiger partial charge in [-0.15, -0.1) is 11.3 Å². The number of hydrogen-bond acceptors (Lipinski definition) is 3. The van der Waals surface area contributed by atoms with Crippen molar-refractivity contribution >= 4 is 21.6 Å². The van der Waals surface area contributed by atoms with Crippen molar-refractivity contribution in [1.82, 2.24) is 4.98 Å². The molecule has 0 saturated carbocycles. The van der Waals surface area contributed by atoms with Gasteiger partial charge in [0.25, 0.3) is 0 Å². The van der Waals surface area contributed by atoms with Crippen molar-refractivity contribution in [2.75, 3.05) is 0 Å². The number of para-hydroxylation sites is 1. The van der Waals surface area contributed by atoms with Gasteiger partial charge in [-0.1, -0.05) is 24.3 Å². The van der Waals surface area contributed by atoms with Crippen LogP contribution in [0.3, 0.4) is 0 Å². The summed E-state index contributed by atoms with van der Waals surface area (Å²) in [5.41, 5.74) is 2.23. The number of aryl methyl sites for hydroxylation is 1. The molecule has 0 aliphatic carbocycles. The zero-order valence-corrected chi connectivity index (χ0v) is 11.8. The van der Waals surface area contributed by atoms with Crippen molar-refractivity contribution in [2.24, 2.45) is 0 Å². The van der Waals surface area contributed by atoms with E-state index in [1.807, 2.05) is 24.3 Å². The Kier molecular flexibility index (Phi) is 3.51. The van der Waals surface area contributed by atoms with Crippen LogP contribution < -0.4 is 0 Å². The smallest absolute Gasteiger partial charge is 0.126 e. The molecule has 3 rings (SSSR count). The fourth-order valence-corrected chi connectivity index (χ4v) is 3.17. The topological polar surface area (TPSA) is 33.1 Å². The molecule has 0 aliphatic rings. The first kappa shape index (κ1) is 13.2. The molecule has 20 heavy (non-hydrogen) atoms. The molecule has 0 fully saturated rings. The van der Waals surface area contributed by atoms with Gasteiger partial charge in [0.05, 0.1) is 21.3 Å². The zero-order valence-electron chi connectivity index (χ0n) is 11.0. The number of benzene rings is 2. The van der Waals surface area contributed by atoms with Gasteiger partial charge in [0.1, 0.15) is 5.82 Å². The SMILES string of the molecule is Cc1cc(C(O)Cc2nc3ccccc3s2)ccc1F. The highest BCUT2D eigenvalue weighted by atomic mass is 32.1. The lowest BCUT2D eigenvalue weighted by molar-refractivity contribution is 0.178. The summed E-state index contributed by atoms with van der Waals surface area (Å²) in [5.74, 6) is -0.249. The van der Waals surface area contributed by atoms with Crippen LogP contribution in [0.4, 0.5) is 4.39 Å². The van der Waals surface area contributed by atoms with Gasteiger partial charge in [0.2, 0.25) is 0 Å². The summed E-state index contributed by atoms with van der Waals surface area (Å²) >= 11 is 1.58. The lowest BCUT2D eigenvalue weighted by Gasteiger charge is -2.10. The number of rotatable bonds is 3. The fourth-order valence-electron chi connectivity index (χ4n) is 2.17. The van der Waals surface area contributed by atoms with Gasteiger partial charge in [-0.05, 0) is 36.2 Å². The summed E-state index contributed by atoms with van der Waals surface area (Å²) in [6.07, 6.45) is -0.209. The molecule has 102 valence electrons. The lowest BCUT2D eigenvalue weighted by Crippen LogP contribution is -2.02. The molecule has 0 radical (unpaired) electrons. The summed E-state index contributed by atoms with van der Waals surface area (Å²) in [6, 6.07) is 12.6. The molecule has 0 saturated heterocycles. The number of aromatic nitrogens is 1. The number of nitrogens with zero attached hydrogens (tertiary/aromatic N) is 1. The van der Waals surface area contributed by atoms with Crippen molar-refractivity contribution < 1.29 is 9.50 Å². The van der Waals surface area contributed by atoms with Crippen LogP contribution in [0.2, 0.25) is 0 Å². The maximum absolute atomic E-state index is 13.2. The molecule has 0 aliphatic heterocycles. The molecule has 0 spiro atoms. The van der Waals surface area contributed by atoms with Gasteiger partial charge in [0.15, 0.2) is 0 Å². The van der Waals surface area contributed by atoms with Gasteiger partial charge in [0, 0.05) is 6.42 Å². The third kappa shape index (κ3) is 2.57. The van der Waals surface area contributed by atoms with Crippen LogP contribution in [0.5, 0.6) is 0 Å². The van der Waals surface area contributed by atoms with Crippen LogP contribution >= 0.6 is 11.3 Å². The van der Waals surface area contributed by atoms with Crippen molar-refractivity contribution in [3.8, 4) is 0 Å². The average molecular weight is 287 g/mol. The number of aliphatic hydroxyl groups excluding tert-OH is 1. The first-order valence-corrected chi connectivity index (χ1v) is 7.24. The predicted molar refractivity (Wildman–Crippen MR) is 79.4 cm³/mol. The summed E-state index contributed by atoms with van der Waals surface area (Å²) < 4.78 is 14.4. The van der Waals surface area contributed by atoms with Gasteiger partial charge in [-0.2, -0.15) is 0 Å². The minimum atomic E-state index is -0.658. The van der Waals surface area contributed by atoms with E-state index in [1.54, 1.807) is 30.4 Å². The molecule has 3 aromatic rings. The first-order valence-electron chi connectivity index (χ1n) is 6.42. The largest absolute Gasteiger partial charge is 0.388 e. The molecular weight excluding hydrogens is 273 g/mol. The monoisotopic (exact) mass is 287 g/mol. The predicted octanol–water partition coefficient (Wildman–Crippen LogP) is 4.02. The maximum Gasteiger partial charge on any atom is 0.126 e.